The van der Waals surface area contributed by atoms with Crippen LogP contribution in [0.15, 0.2) is 34.8 Å². The van der Waals surface area contributed by atoms with Gasteiger partial charge < -0.3 is 14.2 Å². The van der Waals surface area contributed by atoms with Crippen molar-refractivity contribution in [2.45, 2.75) is 31.8 Å². The molecule has 1 aromatic carbocycles. The fourth-order valence-electron chi connectivity index (χ4n) is 4.12. The topological polar surface area (TPSA) is 99.2 Å². The summed E-state index contributed by atoms with van der Waals surface area (Å²) in [5.41, 5.74) is -1.35. The molecule has 3 aliphatic heterocycles. The van der Waals surface area contributed by atoms with Crippen LogP contribution in [0.5, 0.6) is 0 Å². The van der Waals surface area contributed by atoms with Gasteiger partial charge in [-0.15, -0.1) is 0 Å². The minimum atomic E-state index is -1.59. The van der Waals surface area contributed by atoms with E-state index in [0.717, 1.165) is 18.7 Å². The Kier molecular flexibility index (Phi) is 4.79. The van der Waals surface area contributed by atoms with Gasteiger partial charge in [0.1, 0.15) is 0 Å². The van der Waals surface area contributed by atoms with Crippen molar-refractivity contribution in [1.29, 1.82) is 0 Å². The minimum Gasteiger partial charge on any atom is -0.422 e. The molecule has 10 heteroatoms. The molecule has 2 bridgehead atoms. The molecule has 3 aliphatic rings. The van der Waals surface area contributed by atoms with Crippen LogP contribution in [0.1, 0.15) is 13.8 Å². The Morgan fingerprint density at radius 3 is 2.45 bits per heavy atom. The van der Waals surface area contributed by atoms with Gasteiger partial charge in [-0.2, -0.15) is 0 Å². The number of esters is 2. The Balaban J connectivity index is 1.76. The summed E-state index contributed by atoms with van der Waals surface area (Å²) >= 11 is 9.54. The molecule has 0 unspecified atom stereocenters. The molecule has 152 valence electrons. The summed E-state index contributed by atoms with van der Waals surface area (Å²) in [4.78, 5) is 50.7. The second-order valence-corrected chi connectivity index (χ2v) is 8.28. The number of imide groups is 1. The van der Waals surface area contributed by atoms with E-state index < -0.39 is 53.6 Å². The summed E-state index contributed by atoms with van der Waals surface area (Å²) < 4.78 is 16.9. The first-order chi connectivity index (χ1) is 13.7. The number of ether oxygens (including phenoxy) is 3. The van der Waals surface area contributed by atoms with Gasteiger partial charge in [0.2, 0.25) is 11.8 Å². The average molecular weight is 485 g/mol. The third-order valence-electron chi connectivity index (χ3n) is 5.14. The largest absolute Gasteiger partial charge is 0.422 e. The zero-order chi connectivity index (χ0) is 21.1. The number of carbonyl (C=O) groups excluding carboxylic acids is 4. The number of carbonyl (C=O) groups is 4. The maximum atomic E-state index is 13.3. The van der Waals surface area contributed by atoms with Gasteiger partial charge in [-0.05, 0) is 24.3 Å². The minimum absolute atomic E-state index is 0.216. The highest BCUT2D eigenvalue weighted by Crippen LogP contribution is 2.55. The fraction of sp³-hybridized carbons (Fsp3) is 0.368. The van der Waals surface area contributed by atoms with Crippen LogP contribution in [0.4, 0.5) is 5.69 Å². The van der Waals surface area contributed by atoms with E-state index in [9.17, 15) is 19.2 Å². The second kappa shape index (κ2) is 6.93. The second-order valence-electron chi connectivity index (χ2n) is 6.96. The molecule has 29 heavy (non-hydrogen) atoms. The van der Waals surface area contributed by atoms with Gasteiger partial charge in [-0.1, -0.05) is 33.6 Å². The summed E-state index contributed by atoms with van der Waals surface area (Å²) in [6, 6.07) is 4.79. The first-order valence-electron chi connectivity index (χ1n) is 8.70. The molecule has 0 aromatic heterocycles. The molecule has 0 radical (unpaired) electrons. The van der Waals surface area contributed by atoms with Crippen LogP contribution in [0, 0.1) is 11.8 Å². The monoisotopic (exact) mass is 483 g/mol. The quantitative estimate of drug-likeness (QED) is 0.280. The average Bonchev–Trinajstić information content (AvgIpc) is 3.26. The standard InChI is InChI=1S/C19H15BrClNO7/c1-8(23)27-18(28-9(2)24)19-6-5-13(29-19)14-15(19)17(26)22(16(14)25)12-4-3-10(20)7-11(12)21/h3-7,13-15,18H,1-2H3/t13-,14-,15+,19+/m1/s1. The third kappa shape index (κ3) is 2.99. The number of fused-ring (bicyclic) bond motifs is 5. The van der Waals surface area contributed by atoms with Crippen molar-refractivity contribution in [2.75, 3.05) is 4.90 Å². The van der Waals surface area contributed by atoms with E-state index in [2.05, 4.69) is 15.9 Å². The number of benzene rings is 1. The maximum absolute atomic E-state index is 13.3. The van der Waals surface area contributed by atoms with Gasteiger partial charge in [-0.25, -0.2) is 4.90 Å². The molecule has 4 rings (SSSR count). The molecule has 0 aliphatic carbocycles. The van der Waals surface area contributed by atoms with Crippen LogP contribution in [0.3, 0.4) is 0 Å². The summed E-state index contributed by atoms with van der Waals surface area (Å²) in [5.74, 6) is -4.38. The third-order valence-corrected chi connectivity index (χ3v) is 5.94. The van der Waals surface area contributed by atoms with E-state index in [1.807, 2.05) is 0 Å². The van der Waals surface area contributed by atoms with Crippen molar-refractivity contribution in [3.05, 3.63) is 39.8 Å². The van der Waals surface area contributed by atoms with Crippen LogP contribution in [-0.4, -0.2) is 41.7 Å². The predicted octanol–water partition coefficient (Wildman–Crippen LogP) is 2.37. The van der Waals surface area contributed by atoms with E-state index >= 15 is 0 Å². The molecule has 2 fully saturated rings. The SMILES string of the molecule is CC(=O)OC(OC(C)=O)[C@@]12C=C[C@@H](O1)[C@H]1C(=O)N(c3ccc(Br)cc3Cl)C(=O)[C@H]12. The molecule has 0 saturated carbocycles. The Bertz CT molecular complexity index is 963. The van der Waals surface area contributed by atoms with Crippen LogP contribution in [0.2, 0.25) is 5.02 Å². The maximum Gasteiger partial charge on any atom is 0.305 e. The van der Waals surface area contributed by atoms with Gasteiger partial charge in [0, 0.05) is 18.3 Å². The molecule has 0 N–H and O–H groups in total. The summed E-state index contributed by atoms with van der Waals surface area (Å²) in [6.45, 7) is 2.29. The van der Waals surface area contributed by atoms with E-state index in [-0.39, 0.29) is 10.7 Å². The van der Waals surface area contributed by atoms with Gasteiger partial charge in [0.15, 0.2) is 5.60 Å². The number of rotatable bonds is 4. The molecule has 2 saturated heterocycles. The lowest BCUT2D eigenvalue weighted by molar-refractivity contribution is -0.226. The Morgan fingerprint density at radius 1 is 1.21 bits per heavy atom. The van der Waals surface area contributed by atoms with Crippen LogP contribution >= 0.6 is 27.5 Å². The Hall–Kier alpha value is -2.23. The molecule has 3 heterocycles. The number of halogens is 2. The van der Waals surface area contributed by atoms with Crippen molar-refractivity contribution >= 4 is 57.0 Å². The molecule has 8 nitrogen and oxygen atoms in total. The van der Waals surface area contributed by atoms with E-state index in [1.54, 1.807) is 24.3 Å². The molecule has 2 amide bonds. The van der Waals surface area contributed by atoms with Crippen molar-refractivity contribution < 1.29 is 33.4 Å². The van der Waals surface area contributed by atoms with Crippen molar-refractivity contribution in [3.63, 3.8) is 0 Å². The molecule has 0 spiro atoms. The highest BCUT2D eigenvalue weighted by Gasteiger charge is 2.72. The van der Waals surface area contributed by atoms with Gasteiger partial charge in [0.25, 0.3) is 6.29 Å². The zero-order valence-corrected chi connectivity index (χ0v) is 17.6. The summed E-state index contributed by atoms with van der Waals surface area (Å²) in [5, 5.41) is 0.216. The highest BCUT2D eigenvalue weighted by molar-refractivity contribution is 9.10. The predicted molar refractivity (Wildman–Crippen MR) is 103 cm³/mol. The molecular formula is C19H15BrClNO7. The van der Waals surface area contributed by atoms with E-state index in [1.165, 1.54) is 6.08 Å². The normalized spacial score (nSPS) is 29.6. The number of nitrogens with zero attached hydrogens (tertiary/aromatic N) is 1. The number of hydrogen-bond donors (Lipinski definition) is 0. The Labute approximate surface area is 178 Å². The van der Waals surface area contributed by atoms with Crippen LogP contribution in [-0.2, 0) is 33.4 Å². The van der Waals surface area contributed by atoms with Gasteiger partial charge in [0.05, 0.1) is 28.6 Å². The molecular weight excluding hydrogens is 470 g/mol. The van der Waals surface area contributed by atoms with Crippen molar-refractivity contribution in [2.24, 2.45) is 11.8 Å². The lowest BCUT2D eigenvalue weighted by Gasteiger charge is -2.34. The first kappa shape index (κ1) is 20.1. The van der Waals surface area contributed by atoms with E-state index in [0.29, 0.717) is 4.47 Å². The van der Waals surface area contributed by atoms with Gasteiger partial charge >= 0.3 is 11.9 Å². The molecule has 4 atom stereocenters. The lowest BCUT2D eigenvalue weighted by Crippen LogP contribution is -2.52. The van der Waals surface area contributed by atoms with Crippen molar-refractivity contribution in [1.82, 2.24) is 0 Å². The Morgan fingerprint density at radius 2 is 1.86 bits per heavy atom. The fourth-order valence-corrected chi connectivity index (χ4v) is 4.87. The van der Waals surface area contributed by atoms with E-state index in [4.69, 9.17) is 25.8 Å². The van der Waals surface area contributed by atoms with Crippen LogP contribution in [0.25, 0.3) is 0 Å². The smallest absolute Gasteiger partial charge is 0.305 e. The number of anilines is 1. The lowest BCUT2D eigenvalue weighted by atomic mass is 9.76. The van der Waals surface area contributed by atoms with Gasteiger partial charge in [-0.3, -0.25) is 19.2 Å². The van der Waals surface area contributed by atoms with Crippen molar-refractivity contribution in [3.8, 4) is 0 Å². The first-order valence-corrected chi connectivity index (χ1v) is 9.87. The number of amides is 2. The molecule has 1 aromatic rings. The highest BCUT2D eigenvalue weighted by atomic mass is 79.9. The number of hydrogen-bond acceptors (Lipinski definition) is 7. The van der Waals surface area contributed by atoms with Crippen LogP contribution < -0.4 is 4.90 Å². The zero-order valence-electron chi connectivity index (χ0n) is 15.3. The summed E-state index contributed by atoms with van der Waals surface area (Å²) in [7, 11) is 0. The summed E-state index contributed by atoms with van der Waals surface area (Å²) in [6.07, 6.45) is 0.904.